The summed E-state index contributed by atoms with van der Waals surface area (Å²) in [4.78, 5) is 19.0. The van der Waals surface area contributed by atoms with Gasteiger partial charge in [-0.25, -0.2) is 18.4 Å². The number of halogens is 3. The second-order valence-corrected chi connectivity index (χ2v) is 7.86. The maximum absolute atomic E-state index is 12.9. The number of carbonyl (C=O) groups excluding carboxylic acids is 1. The van der Waals surface area contributed by atoms with Crippen LogP contribution in [0.4, 0.5) is 24.7 Å². The number of nitrogens with one attached hydrogen (secondary N) is 2. The molecular formula is C20H15F3N4O3S. The number of rotatable bonds is 6. The van der Waals surface area contributed by atoms with Gasteiger partial charge in [0.2, 0.25) is 5.91 Å². The molecule has 0 aliphatic rings. The van der Waals surface area contributed by atoms with E-state index in [1.807, 2.05) is 0 Å². The normalized spacial score (nSPS) is 12.0. The predicted octanol–water partition coefficient (Wildman–Crippen LogP) is 3.95. The zero-order valence-corrected chi connectivity index (χ0v) is 16.5. The van der Waals surface area contributed by atoms with Crippen molar-refractivity contribution in [2.75, 3.05) is 10.0 Å². The summed E-state index contributed by atoms with van der Waals surface area (Å²) in [6.07, 6.45) is 0.745. The third kappa shape index (κ3) is 6.12. The van der Waals surface area contributed by atoms with E-state index in [-0.39, 0.29) is 5.69 Å². The van der Waals surface area contributed by atoms with Crippen molar-refractivity contribution < 1.29 is 26.4 Å². The van der Waals surface area contributed by atoms with E-state index in [0.717, 1.165) is 18.2 Å². The van der Waals surface area contributed by atoms with Gasteiger partial charge in [-0.3, -0.25) is 9.52 Å². The first kappa shape index (κ1) is 22.0. The van der Waals surface area contributed by atoms with Crippen LogP contribution in [0.1, 0.15) is 11.1 Å². The average molecular weight is 448 g/mol. The molecule has 0 aliphatic carbocycles. The number of hydrogen-bond donors (Lipinski definition) is 2. The van der Waals surface area contributed by atoms with Gasteiger partial charge in [0.05, 0.1) is 10.5 Å². The van der Waals surface area contributed by atoms with Crippen LogP contribution >= 0.6 is 0 Å². The summed E-state index contributed by atoms with van der Waals surface area (Å²) < 4.78 is 65.8. The van der Waals surface area contributed by atoms with E-state index >= 15 is 0 Å². The molecule has 1 amide bonds. The molecule has 0 saturated heterocycles. The summed E-state index contributed by atoms with van der Waals surface area (Å²) in [6.45, 7) is 0. The first-order chi connectivity index (χ1) is 14.6. The summed E-state index contributed by atoms with van der Waals surface area (Å²) in [5.41, 5.74) is -0.459. The number of amides is 1. The van der Waals surface area contributed by atoms with Gasteiger partial charge in [-0.2, -0.15) is 13.2 Å². The average Bonchev–Trinajstić information content (AvgIpc) is 2.72. The zero-order chi connectivity index (χ0) is 22.5. The van der Waals surface area contributed by atoms with Crippen molar-refractivity contribution in [2.24, 2.45) is 0 Å². The van der Waals surface area contributed by atoms with Crippen LogP contribution < -0.4 is 10.0 Å². The number of anilines is 2. The Morgan fingerprint density at radius 2 is 1.81 bits per heavy atom. The molecule has 3 aromatic rings. The van der Waals surface area contributed by atoms with Gasteiger partial charge < -0.3 is 5.32 Å². The Hall–Kier alpha value is -3.73. The first-order valence-corrected chi connectivity index (χ1v) is 10.2. The topological polar surface area (TPSA) is 101 Å². The number of nitrogens with zero attached hydrogens (tertiary/aromatic N) is 2. The van der Waals surface area contributed by atoms with Crippen molar-refractivity contribution in [2.45, 2.75) is 11.1 Å². The van der Waals surface area contributed by atoms with E-state index in [9.17, 15) is 26.4 Å². The summed E-state index contributed by atoms with van der Waals surface area (Å²) in [5.74, 6) is -0.152. The largest absolute Gasteiger partial charge is 0.416 e. The van der Waals surface area contributed by atoms with Crippen molar-refractivity contribution in [1.82, 2.24) is 9.97 Å². The Balaban J connectivity index is 1.73. The first-order valence-electron chi connectivity index (χ1n) is 8.69. The number of sulfonamides is 1. The number of carbonyl (C=O) groups is 1. The minimum atomic E-state index is -4.66. The maximum atomic E-state index is 12.9. The summed E-state index contributed by atoms with van der Waals surface area (Å²) in [7, 11) is -4.25. The van der Waals surface area contributed by atoms with Crippen molar-refractivity contribution in [3.63, 3.8) is 0 Å². The molecule has 0 fully saturated rings. The van der Waals surface area contributed by atoms with Crippen LogP contribution in [0.3, 0.4) is 0 Å². The van der Waals surface area contributed by atoms with E-state index in [0.29, 0.717) is 17.4 Å². The number of aromatic nitrogens is 2. The molecule has 1 aromatic heterocycles. The molecule has 3 rings (SSSR count). The fourth-order valence-electron chi connectivity index (χ4n) is 2.46. The van der Waals surface area contributed by atoms with Crippen LogP contribution in [0, 0.1) is 0 Å². The highest BCUT2D eigenvalue weighted by Gasteiger charge is 2.31. The molecule has 31 heavy (non-hydrogen) atoms. The summed E-state index contributed by atoms with van der Waals surface area (Å²) in [5, 5.41) is 2.52. The fraction of sp³-hybridized carbons (Fsp3) is 0.0500. The number of benzene rings is 2. The Morgan fingerprint density at radius 3 is 2.52 bits per heavy atom. The Morgan fingerprint density at radius 1 is 1.03 bits per heavy atom. The van der Waals surface area contributed by atoms with E-state index in [1.165, 1.54) is 48.9 Å². The lowest BCUT2D eigenvalue weighted by Gasteiger charge is -2.11. The highest BCUT2D eigenvalue weighted by Crippen LogP contribution is 2.31. The van der Waals surface area contributed by atoms with Crippen LogP contribution in [0.5, 0.6) is 0 Å². The lowest BCUT2D eigenvalue weighted by Crippen LogP contribution is -2.14. The van der Waals surface area contributed by atoms with Gasteiger partial charge in [0.25, 0.3) is 10.0 Å². The van der Waals surface area contributed by atoms with Crippen molar-refractivity contribution in [1.29, 1.82) is 0 Å². The smallest absolute Gasteiger partial charge is 0.307 e. The molecule has 7 nitrogen and oxygen atoms in total. The van der Waals surface area contributed by atoms with Gasteiger partial charge in [-0.1, -0.05) is 18.2 Å². The standard InChI is InChI=1S/C20H15F3N4O3S/c21-20(22,23)15-4-2-6-17(12-15)31(29,30)27-16-5-1-3-14(11-16)7-8-19(28)26-18-9-10-24-13-25-18/h1-13,27H,(H,24,25,26,28)/b8-7+. The molecule has 1 heterocycles. The Labute approximate surface area is 175 Å². The molecule has 0 unspecified atom stereocenters. The molecule has 0 radical (unpaired) electrons. The van der Waals surface area contributed by atoms with Crippen LogP contribution in [-0.4, -0.2) is 24.3 Å². The molecular weight excluding hydrogens is 433 g/mol. The molecule has 0 bridgehead atoms. The van der Waals surface area contributed by atoms with Crippen LogP contribution in [0.2, 0.25) is 0 Å². The highest BCUT2D eigenvalue weighted by molar-refractivity contribution is 7.92. The maximum Gasteiger partial charge on any atom is 0.416 e. The Kier molecular flexibility index (Phi) is 6.35. The lowest BCUT2D eigenvalue weighted by atomic mass is 10.2. The second-order valence-electron chi connectivity index (χ2n) is 6.17. The van der Waals surface area contributed by atoms with Gasteiger partial charge in [0.1, 0.15) is 12.1 Å². The summed E-state index contributed by atoms with van der Waals surface area (Å²) >= 11 is 0. The van der Waals surface area contributed by atoms with Gasteiger partial charge in [-0.05, 0) is 48.0 Å². The van der Waals surface area contributed by atoms with Crippen LogP contribution in [0.25, 0.3) is 6.08 Å². The molecule has 0 aliphatic heterocycles. The molecule has 0 atom stereocenters. The van der Waals surface area contributed by atoms with Gasteiger partial charge >= 0.3 is 6.18 Å². The Bertz CT molecular complexity index is 1210. The molecule has 0 spiro atoms. The van der Waals surface area contributed by atoms with E-state index < -0.39 is 32.6 Å². The van der Waals surface area contributed by atoms with Crippen LogP contribution in [-0.2, 0) is 21.0 Å². The zero-order valence-electron chi connectivity index (χ0n) is 15.7. The minimum Gasteiger partial charge on any atom is -0.307 e. The number of alkyl halides is 3. The second kappa shape index (κ2) is 8.96. The van der Waals surface area contributed by atoms with Crippen molar-refractivity contribution >= 4 is 33.5 Å². The SMILES string of the molecule is O=C(/C=C/c1cccc(NS(=O)(=O)c2cccc(C(F)(F)F)c2)c1)Nc1ccncn1. The van der Waals surface area contributed by atoms with Gasteiger partial charge in [0, 0.05) is 18.0 Å². The third-order valence-electron chi connectivity index (χ3n) is 3.87. The molecule has 11 heteroatoms. The fourth-order valence-corrected chi connectivity index (χ4v) is 3.56. The monoisotopic (exact) mass is 448 g/mol. The molecule has 160 valence electrons. The van der Waals surface area contributed by atoms with Crippen LogP contribution in [0.15, 0.2) is 78.1 Å². The number of hydrogen-bond acceptors (Lipinski definition) is 5. The minimum absolute atomic E-state index is 0.121. The quantitative estimate of drug-likeness (QED) is 0.556. The molecule has 2 N–H and O–H groups in total. The van der Waals surface area contributed by atoms with Crippen molar-refractivity contribution in [3.8, 4) is 0 Å². The predicted molar refractivity (Wildman–Crippen MR) is 108 cm³/mol. The summed E-state index contributed by atoms with van der Waals surface area (Å²) in [6, 6.07) is 11.0. The van der Waals surface area contributed by atoms with Gasteiger partial charge in [0.15, 0.2) is 0 Å². The molecule has 0 saturated carbocycles. The highest BCUT2D eigenvalue weighted by atomic mass is 32.2. The lowest BCUT2D eigenvalue weighted by molar-refractivity contribution is -0.137. The van der Waals surface area contributed by atoms with E-state index in [1.54, 1.807) is 6.07 Å². The van der Waals surface area contributed by atoms with Gasteiger partial charge in [-0.15, -0.1) is 0 Å². The van der Waals surface area contributed by atoms with Crippen molar-refractivity contribution in [3.05, 3.63) is 84.3 Å². The molecule has 2 aromatic carbocycles. The third-order valence-corrected chi connectivity index (χ3v) is 5.25. The van der Waals surface area contributed by atoms with E-state index in [2.05, 4.69) is 20.0 Å². The van der Waals surface area contributed by atoms with E-state index in [4.69, 9.17) is 0 Å².